The zero-order valence-corrected chi connectivity index (χ0v) is 7.61. The summed E-state index contributed by atoms with van der Waals surface area (Å²) >= 11 is -1.89. The van der Waals surface area contributed by atoms with Gasteiger partial charge in [-0.3, -0.25) is 4.21 Å². The lowest BCUT2D eigenvalue weighted by molar-refractivity contribution is 0.444. The Labute approximate surface area is 65.3 Å². The van der Waals surface area contributed by atoms with Crippen LogP contribution in [0.3, 0.4) is 0 Å². The largest absolute Gasteiger partial charge is 0.772 e. The van der Waals surface area contributed by atoms with Gasteiger partial charge in [0.25, 0.3) is 0 Å². The molecule has 3 heteroatoms. The zero-order valence-electron chi connectivity index (χ0n) is 6.79. The minimum atomic E-state index is -1.89. The Kier molecular flexibility index (Phi) is 4.91. The van der Waals surface area contributed by atoms with Crippen LogP contribution in [0.5, 0.6) is 0 Å². The first-order valence-corrected chi connectivity index (χ1v) is 4.85. The van der Waals surface area contributed by atoms with E-state index in [9.17, 15) is 8.76 Å². The number of hydrogen-bond donors (Lipinski definition) is 0. The summed E-state index contributed by atoms with van der Waals surface area (Å²) in [6.45, 7) is 5.82. The van der Waals surface area contributed by atoms with Crippen molar-refractivity contribution in [2.24, 2.45) is 5.92 Å². The van der Waals surface area contributed by atoms with Gasteiger partial charge in [-0.1, -0.05) is 44.7 Å². The second-order valence-electron chi connectivity index (χ2n) is 2.54. The van der Waals surface area contributed by atoms with Gasteiger partial charge >= 0.3 is 0 Å². The smallest absolute Gasteiger partial charge is 0.0215 e. The lowest BCUT2D eigenvalue weighted by Crippen LogP contribution is -2.20. The van der Waals surface area contributed by atoms with Crippen molar-refractivity contribution in [3.8, 4) is 0 Å². The van der Waals surface area contributed by atoms with E-state index in [0.29, 0.717) is 5.92 Å². The van der Waals surface area contributed by atoms with E-state index in [2.05, 4.69) is 0 Å². The maximum atomic E-state index is 10.5. The average Bonchev–Trinajstić information content (AvgIpc) is 1.90. The molecule has 0 fully saturated rings. The molecule has 0 spiro atoms. The van der Waals surface area contributed by atoms with Crippen molar-refractivity contribution in [3.05, 3.63) is 0 Å². The molecule has 0 heterocycles. The van der Waals surface area contributed by atoms with E-state index in [0.717, 1.165) is 12.8 Å². The maximum Gasteiger partial charge on any atom is 0.0215 e. The molecule has 2 unspecified atom stereocenters. The highest BCUT2D eigenvalue weighted by molar-refractivity contribution is 7.79. The Morgan fingerprint density at radius 1 is 1.40 bits per heavy atom. The van der Waals surface area contributed by atoms with Gasteiger partial charge in [0.05, 0.1) is 0 Å². The molecule has 0 saturated carbocycles. The molecule has 0 N–H and O–H groups in total. The molecule has 0 aromatic carbocycles. The van der Waals surface area contributed by atoms with Crippen molar-refractivity contribution in [1.29, 1.82) is 0 Å². The minimum absolute atomic E-state index is 0.185. The first-order valence-electron chi connectivity index (χ1n) is 3.71. The van der Waals surface area contributed by atoms with Gasteiger partial charge < -0.3 is 4.55 Å². The van der Waals surface area contributed by atoms with E-state index in [4.69, 9.17) is 0 Å². The Bertz CT molecular complexity index is 110. The summed E-state index contributed by atoms with van der Waals surface area (Å²) < 4.78 is 20.9. The second kappa shape index (κ2) is 4.85. The first-order chi connectivity index (χ1) is 4.63. The third-order valence-electron chi connectivity index (χ3n) is 2.02. The van der Waals surface area contributed by atoms with E-state index in [1.165, 1.54) is 0 Å². The van der Waals surface area contributed by atoms with Gasteiger partial charge in [-0.15, -0.1) is 0 Å². The van der Waals surface area contributed by atoms with Gasteiger partial charge in [-0.05, 0) is 5.92 Å². The van der Waals surface area contributed by atoms with Crippen molar-refractivity contribution < 1.29 is 8.76 Å². The molecule has 0 aliphatic carbocycles. The lowest BCUT2D eigenvalue weighted by Gasteiger charge is -2.22. The lowest BCUT2D eigenvalue weighted by atomic mass is 10.0. The highest BCUT2D eigenvalue weighted by Crippen LogP contribution is 2.16. The van der Waals surface area contributed by atoms with Gasteiger partial charge in [0, 0.05) is 5.25 Å². The summed E-state index contributed by atoms with van der Waals surface area (Å²) in [5, 5.41) is -0.185. The van der Waals surface area contributed by atoms with Crippen LogP contribution in [0.25, 0.3) is 0 Å². The molecule has 0 saturated heterocycles. The topological polar surface area (TPSA) is 40.1 Å². The van der Waals surface area contributed by atoms with Gasteiger partial charge in [0.2, 0.25) is 0 Å². The molecule has 0 bridgehead atoms. The summed E-state index contributed by atoms with van der Waals surface area (Å²) in [6.07, 6.45) is 1.90. The van der Waals surface area contributed by atoms with Crippen LogP contribution in [0.4, 0.5) is 0 Å². The first kappa shape index (κ1) is 10.1. The van der Waals surface area contributed by atoms with E-state index in [1.807, 2.05) is 13.8 Å². The quantitative estimate of drug-likeness (QED) is 0.592. The van der Waals surface area contributed by atoms with Gasteiger partial charge in [0.1, 0.15) is 0 Å². The molecule has 10 heavy (non-hydrogen) atoms. The van der Waals surface area contributed by atoms with Crippen molar-refractivity contribution in [2.45, 2.75) is 38.9 Å². The molecule has 0 radical (unpaired) electrons. The third-order valence-corrected chi connectivity index (χ3v) is 3.01. The molecule has 0 aliphatic rings. The predicted molar refractivity (Wildman–Crippen MR) is 42.5 cm³/mol. The van der Waals surface area contributed by atoms with Gasteiger partial charge in [-0.2, -0.15) is 0 Å². The monoisotopic (exact) mass is 163 g/mol. The third kappa shape index (κ3) is 2.80. The van der Waals surface area contributed by atoms with Crippen molar-refractivity contribution >= 4 is 11.1 Å². The molecule has 0 aromatic heterocycles. The summed E-state index contributed by atoms with van der Waals surface area (Å²) in [7, 11) is 0. The van der Waals surface area contributed by atoms with Crippen LogP contribution in [-0.4, -0.2) is 14.0 Å². The van der Waals surface area contributed by atoms with Crippen LogP contribution in [0.15, 0.2) is 0 Å². The fourth-order valence-corrected chi connectivity index (χ4v) is 1.81. The average molecular weight is 163 g/mol. The molecule has 0 aliphatic heterocycles. The predicted octanol–water partition coefficient (Wildman–Crippen LogP) is 1.69. The maximum absolute atomic E-state index is 10.5. The van der Waals surface area contributed by atoms with Crippen LogP contribution in [0, 0.1) is 5.92 Å². The van der Waals surface area contributed by atoms with Crippen LogP contribution in [-0.2, 0) is 11.1 Å². The van der Waals surface area contributed by atoms with Crippen LogP contribution in [0.1, 0.15) is 33.6 Å². The van der Waals surface area contributed by atoms with Crippen molar-refractivity contribution in [2.75, 3.05) is 0 Å². The van der Waals surface area contributed by atoms with E-state index < -0.39 is 11.1 Å². The highest BCUT2D eigenvalue weighted by Gasteiger charge is 2.12. The van der Waals surface area contributed by atoms with Gasteiger partial charge in [-0.25, -0.2) is 0 Å². The standard InChI is InChI=1S/C7H16O2S/c1-4-7(5-2)6(3)10(8)9/h6-7H,4-5H2,1-3H3,(H,8,9)/p-1. The fourth-order valence-electron chi connectivity index (χ4n) is 1.11. The van der Waals surface area contributed by atoms with Crippen LogP contribution >= 0.6 is 0 Å². The Morgan fingerprint density at radius 2 is 1.80 bits per heavy atom. The molecular formula is C7H15O2S-. The summed E-state index contributed by atoms with van der Waals surface area (Å²) in [4.78, 5) is 0. The SMILES string of the molecule is CCC(CC)C(C)S(=O)[O-]. The van der Waals surface area contributed by atoms with Crippen molar-refractivity contribution in [1.82, 2.24) is 0 Å². The molecular weight excluding hydrogens is 148 g/mol. The molecule has 2 atom stereocenters. The molecule has 0 rings (SSSR count). The summed E-state index contributed by atoms with van der Waals surface area (Å²) in [6, 6.07) is 0. The highest BCUT2D eigenvalue weighted by atomic mass is 32.2. The zero-order chi connectivity index (χ0) is 8.15. The number of hydrogen-bond acceptors (Lipinski definition) is 2. The molecule has 0 aromatic rings. The van der Waals surface area contributed by atoms with Gasteiger partial charge in [0.15, 0.2) is 0 Å². The Balaban J connectivity index is 3.88. The van der Waals surface area contributed by atoms with E-state index in [-0.39, 0.29) is 5.25 Å². The Hall–Kier alpha value is 0.110. The molecule has 2 nitrogen and oxygen atoms in total. The summed E-state index contributed by atoms with van der Waals surface area (Å²) in [5.74, 6) is 0.332. The second-order valence-corrected chi connectivity index (χ2v) is 3.81. The van der Waals surface area contributed by atoms with E-state index in [1.54, 1.807) is 6.92 Å². The summed E-state index contributed by atoms with van der Waals surface area (Å²) in [5.41, 5.74) is 0. The Morgan fingerprint density at radius 3 is 1.90 bits per heavy atom. The molecule has 62 valence electrons. The van der Waals surface area contributed by atoms with E-state index >= 15 is 0 Å². The fraction of sp³-hybridized carbons (Fsp3) is 1.00. The molecule has 0 amide bonds. The van der Waals surface area contributed by atoms with Crippen LogP contribution in [0.2, 0.25) is 0 Å². The minimum Gasteiger partial charge on any atom is -0.772 e. The normalized spacial score (nSPS) is 17.3. The number of rotatable bonds is 4. The van der Waals surface area contributed by atoms with Crippen molar-refractivity contribution in [3.63, 3.8) is 0 Å². The van der Waals surface area contributed by atoms with Crippen LogP contribution < -0.4 is 0 Å².